The van der Waals surface area contributed by atoms with Gasteiger partial charge in [0.25, 0.3) is 0 Å². The lowest BCUT2D eigenvalue weighted by atomic mass is 10.0. The summed E-state index contributed by atoms with van der Waals surface area (Å²) in [5.74, 6) is -0.00318. The summed E-state index contributed by atoms with van der Waals surface area (Å²) in [6, 6.07) is 31.0. The molecule has 2 heterocycles. The Bertz CT molecular complexity index is 2380. The molecule has 5 aromatic rings. The number of sulfonamides is 1. The van der Waals surface area contributed by atoms with Crippen LogP contribution in [0.2, 0.25) is 18.1 Å². The van der Waals surface area contributed by atoms with E-state index in [1.54, 1.807) is 31.3 Å². The second kappa shape index (κ2) is 18.6. The normalized spacial score (nSPS) is 15.0. The number of aromatic nitrogens is 1. The number of anilines is 1. The average molecular weight is 840 g/mol. The van der Waals surface area contributed by atoms with E-state index < -0.39 is 24.4 Å². The van der Waals surface area contributed by atoms with E-state index in [9.17, 15) is 23.1 Å². The third-order valence-electron chi connectivity index (χ3n) is 11.6. The van der Waals surface area contributed by atoms with E-state index in [0.29, 0.717) is 68.7 Å². The number of aromatic hydroxyl groups is 1. The molecule has 1 fully saturated rings. The number of carbonyl (C=O) groups excluding carboxylic acids is 1. The van der Waals surface area contributed by atoms with Crippen molar-refractivity contribution < 1.29 is 27.5 Å². The minimum atomic E-state index is -3.72. The predicted molar refractivity (Wildman–Crippen MR) is 237 cm³/mol. The summed E-state index contributed by atoms with van der Waals surface area (Å²) in [5.41, 5.74) is 4.46. The number of rotatable bonds is 15. The van der Waals surface area contributed by atoms with Crippen molar-refractivity contribution >= 4 is 41.0 Å². The van der Waals surface area contributed by atoms with E-state index in [-0.39, 0.29) is 33.5 Å². The molecule has 6 rings (SSSR count). The van der Waals surface area contributed by atoms with Crippen LogP contribution in [0.4, 0.5) is 10.5 Å². The number of ether oxygens (including phenoxy) is 1. The van der Waals surface area contributed by atoms with Gasteiger partial charge in [0.2, 0.25) is 15.6 Å². The van der Waals surface area contributed by atoms with Crippen molar-refractivity contribution in [2.24, 2.45) is 0 Å². The van der Waals surface area contributed by atoms with Crippen molar-refractivity contribution in [1.82, 2.24) is 19.5 Å². The molecular formula is C45H57N5O7SSi. The maximum atomic E-state index is 13.6. The summed E-state index contributed by atoms with van der Waals surface area (Å²) < 4.78 is 41.2. The highest BCUT2D eigenvalue weighted by atomic mass is 32.2. The quantitative estimate of drug-likeness (QED) is 0.0767. The number of nitrogens with one attached hydrogen (secondary N) is 3. The van der Waals surface area contributed by atoms with E-state index in [1.165, 1.54) is 10.4 Å². The molecule has 12 nitrogen and oxygen atoms in total. The lowest BCUT2D eigenvalue weighted by Gasteiger charge is -2.39. The van der Waals surface area contributed by atoms with Crippen LogP contribution in [-0.4, -0.2) is 88.0 Å². The number of amides is 1. The van der Waals surface area contributed by atoms with Crippen molar-refractivity contribution in [3.63, 3.8) is 0 Å². The second-order valence-corrected chi connectivity index (χ2v) is 23.5. The topological polar surface area (TPSA) is 153 Å². The molecule has 14 heteroatoms. The molecule has 1 amide bonds. The number of aromatic amines is 1. The lowest BCUT2D eigenvalue weighted by Crippen LogP contribution is -2.43. The number of piperidine rings is 1. The van der Waals surface area contributed by atoms with Gasteiger partial charge >= 0.3 is 6.09 Å². The molecule has 4 N–H and O–H groups in total. The van der Waals surface area contributed by atoms with Gasteiger partial charge in [-0.2, -0.15) is 4.31 Å². The average Bonchev–Trinajstić information content (AvgIpc) is 3.20. The minimum Gasteiger partial charge on any atom is -0.506 e. The fourth-order valence-corrected chi connectivity index (χ4v) is 9.44. The summed E-state index contributed by atoms with van der Waals surface area (Å²) in [4.78, 5) is 30.1. The van der Waals surface area contributed by atoms with Crippen LogP contribution in [0.5, 0.6) is 5.75 Å². The van der Waals surface area contributed by atoms with E-state index in [1.807, 2.05) is 72.8 Å². The van der Waals surface area contributed by atoms with Crippen molar-refractivity contribution in [2.75, 3.05) is 45.1 Å². The number of hydrogen-bond acceptors (Lipinski definition) is 9. The Labute approximate surface area is 348 Å². The van der Waals surface area contributed by atoms with Crippen LogP contribution in [-0.2, 0) is 25.7 Å². The number of H-pyrrole nitrogens is 1. The number of likely N-dealkylation sites (N-methyl/N-ethyl adjacent to an activating group) is 1. The van der Waals surface area contributed by atoms with Gasteiger partial charge in [0.05, 0.1) is 22.2 Å². The van der Waals surface area contributed by atoms with E-state index >= 15 is 0 Å². The molecule has 0 radical (unpaired) electrons. The molecule has 1 saturated heterocycles. The summed E-state index contributed by atoms with van der Waals surface area (Å²) in [6.45, 7) is 14.1. The van der Waals surface area contributed by atoms with Gasteiger partial charge in [-0.05, 0) is 78.0 Å². The Morgan fingerprint density at radius 2 is 1.63 bits per heavy atom. The van der Waals surface area contributed by atoms with E-state index in [4.69, 9.17) is 9.16 Å². The number of phenolic OH excluding ortho intramolecular Hbond substituents is 1. The SMILES string of the molecule is CN(CCN1CCC(OC(=O)Nc2ccccc2-c2ccccc2)CC1)S(=O)(=O)c1ccc(CNC[C@@H](O[Si](C)(C)C(C)(C)C)c2ccc(O)c3[nH]c(=O)ccc23)cc1. The smallest absolute Gasteiger partial charge is 0.411 e. The Morgan fingerprint density at radius 3 is 2.32 bits per heavy atom. The highest BCUT2D eigenvalue weighted by Crippen LogP contribution is 2.41. The van der Waals surface area contributed by atoms with Gasteiger partial charge in [-0.1, -0.05) is 87.5 Å². The van der Waals surface area contributed by atoms with Crippen molar-refractivity contribution in [1.29, 1.82) is 0 Å². The van der Waals surface area contributed by atoms with Gasteiger partial charge in [-0.3, -0.25) is 10.1 Å². The van der Waals surface area contributed by atoms with Gasteiger partial charge < -0.3 is 29.5 Å². The largest absolute Gasteiger partial charge is 0.506 e. The van der Waals surface area contributed by atoms with Gasteiger partial charge in [0, 0.05) is 63.3 Å². The van der Waals surface area contributed by atoms with Crippen LogP contribution in [0.1, 0.15) is 50.8 Å². The lowest BCUT2D eigenvalue weighted by molar-refractivity contribution is 0.0581. The molecule has 4 aromatic carbocycles. The van der Waals surface area contributed by atoms with Gasteiger partial charge in [0.1, 0.15) is 11.9 Å². The zero-order valence-corrected chi connectivity index (χ0v) is 36.6. The number of pyridine rings is 1. The number of carbonyl (C=O) groups is 1. The van der Waals surface area contributed by atoms with Crippen LogP contribution in [0.15, 0.2) is 113 Å². The summed E-state index contributed by atoms with van der Waals surface area (Å²) in [5, 5.41) is 17.6. The highest BCUT2D eigenvalue weighted by molar-refractivity contribution is 7.89. The van der Waals surface area contributed by atoms with E-state index in [2.05, 4.69) is 54.4 Å². The molecule has 0 spiro atoms. The zero-order chi connectivity index (χ0) is 42.4. The molecule has 1 aromatic heterocycles. The van der Waals surface area contributed by atoms with Crippen molar-refractivity contribution in [3.05, 3.63) is 125 Å². The van der Waals surface area contributed by atoms with Gasteiger partial charge in [0.15, 0.2) is 8.32 Å². The van der Waals surface area contributed by atoms with Gasteiger partial charge in [-0.25, -0.2) is 13.2 Å². The van der Waals surface area contributed by atoms with Crippen LogP contribution < -0.4 is 16.2 Å². The maximum Gasteiger partial charge on any atom is 0.411 e. The molecule has 0 saturated carbocycles. The number of hydrogen-bond donors (Lipinski definition) is 4. The van der Waals surface area contributed by atoms with Crippen LogP contribution in [0, 0.1) is 0 Å². The first kappa shape index (κ1) is 43.7. The second-order valence-electron chi connectivity index (χ2n) is 16.7. The molecule has 1 aliphatic heterocycles. The van der Waals surface area contributed by atoms with Crippen LogP contribution >= 0.6 is 0 Å². The number of nitrogens with zero attached hydrogens (tertiary/aromatic N) is 2. The van der Waals surface area contributed by atoms with Crippen LogP contribution in [0.25, 0.3) is 22.0 Å². The summed E-state index contributed by atoms with van der Waals surface area (Å²) in [6.07, 6.45) is 0.246. The molecule has 1 aliphatic rings. The van der Waals surface area contributed by atoms with Crippen molar-refractivity contribution in [2.45, 2.75) is 75.4 Å². The molecule has 314 valence electrons. The van der Waals surface area contributed by atoms with Gasteiger partial charge in [-0.15, -0.1) is 0 Å². The summed E-state index contributed by atoms with van der Waals surface area (Å²) in [7, 11) is -4.37. The maximum absolute atomic E-state index is 13.6. The number of fused-ring (bicyclic) bond motifs is 1. The Morgan fingerprint density at radius 1 is 0.949 bits per heavy atom. The van der Waals surface area contributed by atoms with E-state index in [0.717, 1.165) is 22.3 Å². The molecule has 59 heavy (non-hydrogen) atoms. The first-order valence-electron chi connectivity index (χ1n) is 20.1. The minimum absolute atomic E-state index is 0.00318. The molecule has 0 bridgehead atoms. The fraction of sp³-hybridized carbons (Fsp3) is 0.378. The monoisotopic (exact) mass is 839 g/mol. The molecular weight excluding hydrogens is 783 g/mol. The molecule has 0 aliphatic carbocycles. The Hall–Kier alpha value is -4.83. The molecule has 1 atom stereocenters. The fourth-order valence-electron chi connectivity index (χ4n) is 7.00. The Balaban J connectivity index is 0.989. The summed E-state index contributed by atoms with van der Waals surface area (Å²) >= 11 is 0. The number of benzene rings is 4. The Kier molecular flexibility index (Phi) is 13.8. The number of para-hydroxylation sites is 1. The predicted octanol–water partition coefficient (Wildman–Crippen LogP) is 8.09. The first-order chi connectivity index (χ1) is 28.0. The highest BCUT2D eigenvalue weighted by Gasteiger charge is 2.40. The number of phenols is 1. The van der Waals surface area contributed by atoms with Crippen LogP contribution in [0.3, 0.4) is 0 Å². The first-order valence-corrected chi connectivity index (χ1v) is 24.5. The standard InChI is InChI=1S/C45H57N5O7SSi/c1-45(2,3)59(5,6)57-41(37-20-22-40(51)43-38(37)21-23-42(52)48-43)31-46-30-32-16-18-35(19-17-32)58(54,55)49(4)28-29-50-26-24-34(25-27-50)56-44(53)47-39-15-11-10-14-36(39)33-12-8-7-9-13-33/h7-23,34,41,46,51H,24-31H2,1-6H3,(H,47,53)(H,48,52)/t41-/m1/s1. The molecule has 0 unspecified atom stereocenters. The zero-order valence-electron chi connectivity index (χ0n) is 34.8. The third kappa shape index (κ3) is 10.9. The van der Waals surface area contributed by atoms with Crippen molar-refractivity contribution in [3.8, 4) is 16.9 Å². The number of likely N-dealkylation sites (tertiary alicyclic amines) is 1. The third-order valence-corrected chi connectivity index (χ3v) is 17.9.